The Balaban J connectivity index is 1.89. The molecule has 2 rings (SSSR count). The summed E-state index contributed by atoms with van der Waals surface area (Å²) in [7, 11) is 0. The first-order chi connectivity index (χ1) is 11.9. The van der Waals surface area contributed by atoms with E-state index in [9.17, 15) is 9.59 Å². The average molecular weight is 346 g/mol. The van der Waals surface area contributed by atoms with Crippen LogP contribution in [0.3, 0.4) is 0 Å². The topological polar surface area (TPSA) is 84.3 Å². The van der Waals surface area contributed by atoms with E-state index in [2.05, 4.69) is 10.3 Å². The Hall–Kier alpha value is -2.50. The van der Waals surface area contributed by atoms with Crippen molar-refractivity contribution in [1.82, 2.24) is 10.3 Å². The Labute approximate surface area is 147 Å². The Kier molecular flexibility index (Phi) is 6.44. The molecule has 1 atom stereocenters. The lowest BCUT2D eigenvalue weighted by atomic mass is 10.1. The fraction of sp³-hybridized carbons (Fsp3) is 0.474. The van der Waals surface area contributed by atoms with Crippen LogP contribution in [-0.2, 0) is 22.4 Å². The van der Waals surface area contributed by atoms with Crippen LogP contribution >= 0.6 is 0 Å². The number of carbonyl (C=O) groups excluding carboxylic acids is 2. The molecule has 136 valence electrons. The number of nitrogens with one attached hydrogen (secondary N) is 2. The second-order valence-corrected chi connectivity index (χ2v) is 6.20. The second kappa shape index (κ2) is 8.55. The van der Waals surface area contributed by atoms with Gasteiger partial charge in [0.25, 0.3) is 0 Å². The van der Waals surface area contributed by atoms with Gasteiger partial charge in [-0.1, -0.05) is 0 Å². The van der Waals surface area contributed by atoms with E-state index in [0.717, 1.165) is 22.7 Å². The van der Waals surface area contributed by atoms with E-state index < -0.39 is 0 Å². The summed E-state index contributed by atoms with van der Waals surface area (Å²) < 4.78 is 10.4. The summed E-state index contributed by atoms with van der Waals surface area (Å²) in [4.78, 5) is 27.4. The molecule has 0 aliphatic rings. The van der Waals surface area contributed by atoms with Crippen molar-refractivity contribution >= 4 is 11.9 Å². The molecule has 0 aliphatic carbocycles. The number of hydrogen-bond acceptors (Lipinski definition) is 4. The van der Waals surface area contributed by atoms with Crippen LogP contribution in [0.5, 0.6) is 0 Å². The van der Waals surface area contributed by atoms with Gasteiger partial charge in [0.15, 0.2) is 0 Å². The molecule has 0 saturated heterocycles. The molecule has 0 unspecified atom stereocenters. The predicted octanol–water partition coefficient (Wildman–Crippen LogP) is 3.08. The highest BCUT2D eigenvalue weighted by molar-refractivity contribution is 5.92. The summed E-state index contributed by atoms with van der Waals surface area (Å²) in [5, 5.41) is 2.97. The van der Waals surface area contributed by atoms with Gasteiger partial charge in [0.1, 0.15) is 5.76 Å². The van der Waals surface area contributed by atoms with Crippen LogP contribution in [0.1, 0.15) is 53.3 Å². The van der Waals surface area contributed by atoms with Gasteiger partial charge in [-0.3, -0.25) is 4.79 Å². The van der Waals surface area contributed by atoms with E-state index in [1.54, 1.807) is 13.2 Å². The number of carbonyl (C=O) groups is 2. The van der Waals surface area contributed by atoms with Gasteiger partial charge in [-0.2, -0.15) is 0 Å². The number of amides is 1. The van der Waals surface area contributed by atoms with Gasteiger partial charge in [0.2, 0.25) is 5.91 Å². The van der Waals surface area contributed by atoms with Gasteiger partial charge < -0.3 is 19.5 Å². The average Bonchev–Trinajstić information content (AvgIpc) is 3.13. The lowest BCUT2D eigenvalue weighted by Gasteiger charge is -2.12. The molecule has 0 saturated carbocycles. The van der Waals surface area contributed by atoms with Crippen LogP contribution in [0.25, 0.3) is 0 Å². The molecule has 0 aliphatic heterocycles. The summed E-state index contributed by atoms with van der Waals surface area (Å²) in [6.07, 6.45) is 3.19. The fourth-order valence-corrected chi connectivity index (χ4v) is 2.94. The van der Waals surface area contributed by atoms with Gasteiger partial charge in [-0.05, 0) is 51.8 Å². The number of aromatic nitrogens is 1. The first-order valence-corrected chi connectivity index (χ1v) is 8.59. The molecule has 2 heterocycles. The molecule has 1 amide bonds. The van der Waals surface area contributed by atoms with E-state index in [1.807, 2.05) is 32.9 Å². The highest BCUT2D eigenvalue weighted by atomic mass is 16.5. The lowest BCUT2D eigenvalue weighted by molar-refractivity contribution is -0.121. The van der Waals surface area contributed by atoms with E-state index in [1.165, 1.54) is 0 Å². The molecule has 2 aromatic rings. The van der Waals surface area contributed by atoms with Crippen LogP contribution in [-0.4, -0.2) is 29.5 Å². The van der Waals surface area contributed by atoms with Crippen molar-refractivity contribution in [3.8, 4) is 0 Å². The molecule has 0 radical (unpaired) electrons. The zero-order chi connectivity index (χ0) is 18.4. The predicted molar refractivity (Wildman–Crippen MR) is 94.6 cm³/mol. The van der Waals surface area contributed by atoms with E-state index in [4.69, 9.17) is 9.15 Å². The van der Waals surface area contributed by atoms with Crippen LogP contribution in [0.2, 0.25) is 0 Å². The Morgan fingerprint density at radius 2 is 2.12 bits per heavy atom. The van der Waals surface area contributed by atoms with E-state index >= 15 is 0 Å². The maximum absolute atomic E-state index is 12.1. The van der Waals surface area contributed by atoms with Crippen molar-refractivity contribution in [2.45, 2.75) is 53.0 Å². The molecule has 0 fully saturated rings. The Morgan fingerprint density at radius 3 is 2.76 bits per heavy atom. The number of rotatable bonds is 8. The summed E-state index contributed by atoms with van der Waals surface area (Å²) in [6, 6.07) is 3.73. The van der Waals surface area contributed by atoms with Crippen LogP contribution in [0.15, 0.2) is 22.8 Å². The SMILES string of the molecule is CCOC(=O)c1c(C)[nH]c(CCC(=O)N[C@@H](C)Cc2ccco2)c1C. The van der Waals surface area contributed by atoms with Crippen LogP contribution < -0.4 is 5.32 Å². The van der Waals surface area contributed by atoms with Crippen molar-refractivity contribution < 1.29 is 18.7 Å². The first-order valence-electron chi connectivity index (χ1n) is 8.59. The third-order valence-electron chi connectivity index (χ3n) is 4.12. The van der Waals surface area contributed by atoms with Gasteiger partial charge in [-0.25, -0.2) is 4.79 Å². The maximum Gasteiger partial charge on any atom is 0.340 e. The molecule has 6 nitrogen and oxygen atoms in total. The summed E-state index contributed by atoms with van der Waals surface area (Å²) in [5.41, 5.74) is 3.10. The second-order valence-electron chi connectivity index (χ2n) is 6.20. The molecule has 0 spiro atoms. The maximum atomic E-state index is 12.1. The van der Waals surface area contributed by atoms with Crippen LogP contribution in [0, 0.1) is 13.8 Å². The Morgan fingerprint density at radius 1 is 1.36 bits per heavy atom. The van der Waals surface area contributed by atoms with Crippen LogP contribution in [0.4, 0.5) is 0 Å². The van der Waals surface area contributed by atoms with Gasteiger partial charge in [0.05, 0.1) is 18.4 Å². The minimum absolute atomic E-state index is 0.000202. The molecule has 6 heteroatoms. The molecule has 2 aromatic heterocycles. The summed E-state index contributed by atoms with van der Waals surface area (Å²) in [6.45, 7) is 7.79. The summed E-state index contributed by atoms with van der Waals surface area (Å²) >= 11 is 0. The number of ether oxygens (including phenoxy) is 1. The van der Waals surface area contributed by atoms with E-state index in [-0.39, 0.29) is 17.9 Å². The number of H-pyrrole nitrogens is 1. The van der Waals surface area contributed by atoms with Crippen molar-refractivity contribution in [3.63, 3.8) is 0 Å². The highest BCUT2D eigenvalue weighted by Gasteiger charge is 2.19. The molecule has 0 bridgehead atoms. The quantitative estimate of drug-likeness (QED) is 0.720. The number of aromatic amines is 1. The minimum atomic E-state index is -0.323. The van der Waals surface area contributed by atoms with Gasteiger partial charge >= 0.3 is 5.97 Å². The largest absolute Gasteiger partial charge is 0.469 e. The first kappa shape index (κ1) is 18.8. The normalized spacial score (nSPS) is 12.0. The lowest BCUT2D eigenvalue weighted by Crippen LogP contribution is -2.34. The monoisotopic (exact) mass is 346 g/mol. The summed E-state index contributed by atoms with van der Waals surface area (Å²) in [5.74, 6) is 0.502. The molecule has 2 N–H and O–H groups in total. The fourth-order valence-electron chi connectivity index (χ4n) is 2.94. The smallest absolute Gasteiger partial charge is 0.340 e. The zero-order valence-corrected chi connectivity index (χ0v) is 15.3. The number of furan rings is 1. The molecular formula is C19H26N2O4. The standard InChI is InChI=1S/C19H26N2O4/c1-5-24-19(23)18-13(3)16(21-14(18)4)8-9-17(22)20-12(2)11-15-7-6-10-25-15/h6-7,10,12,21H,5,8-9,11H2,1-4H3,(H,20,22)/t12-/m0/s1. The molecule has 25 heavy (non-hydrogen) atoms. The van der Waals surface area contributed by atoms with Crippen molar-refractivity contribution in [1.29, 1.82) is 0 Å². The van der Waals surface area contributed by atoms with Crippen molar-refractivity contribution in [3.05, 3.63) is 46.7 Å². The van der Waals surface area contributed by atoms with Gasteiger partial charge in [-0.15, -0.1) is 0 Å². The van der Waals surface area contributed by atoms with E-state index in [0.29, 0.717) is 31.4 Å². The number of esters is 1. The molecule has 0 aromatic carbocycles. The zero-order valence-electron chi connectivity index (χ0n) is 15.3. The number of aryl methyl sites for hydroxylation is 2. The third kappa shape index (κ3) is 4.98. The van der Waals surface area contributed by atoms with Gasteiger partial charge in [0, 0.05) is 30.3 Å². The minimum Gasteiger partial charge on any atom is -0.469 e. The number of hydrogen-bond donors (Lipinski definition) is 2. The molecular weight excluding hydrogens is 320 g/mol. The highest BCUT2D eigenvalue weighted by Crippen LogP contribution is 2.20. The van der Waals surface area contributed by atoms with Crippen molar-refractivity contribution in [2.75, 3.05) is 6.61 Å². The third-order valence-corrected chi connectivity index (χ3v) is 4.12. The van der Waals surface area contributed by atoms with Crippen molar-refractivity contribution in [2.24, 2.45) is 0 Å². The Bertz CT molecular complexity index is 716.